The summed E-state index contributed by atoms with van der Waals surface area (Å²) in [5.41, 5.74) is 0. The lowest BCUT2D eigenvalue weighted by molar-refractivity contribution is -0.220. The minimum atomic E-state index is -3.90. The molecular weight excluding hydrogens is 215 g/mol. The van der Waals surface area contributed by atoms with Gasteiger partial charge in [0.15, 0.2) is 0 Å². The molecule has 0 aliphatic heterocycles. The van der Waals surface area contributed by atoms with Crippen molar-refractivity contribution in [3.05, 3.63) is 11.8 Å². The highest BCUT2D eigenvalue weighted by molar-refractivity contribution is 7.45. The van der Waals surface area contributed by atoms with Crippen LogP contribution in [0.2, 0.25) is 0 Å². The van der Waals surface area contributed by atoms with E-state index >= 15 is 0 Å². The number of aliphatic carboxylic acids is 1. The van der Waals surface area contributed by atoms with Crippen LogP contribution in [0.3, 0.4) is 0 Å². The van der Waals surface area contributed by atoms with Gasteiger partial charge >= 0.3 is 5.97 Å². The molecule has 0 atom stereocenters. The molecule has 0 aliphatic carbocycles. The van der Waals surface area contributed by atoms with E-state index in [1.54, 1.807) is 0 Å². The van der Waals surface area contributed by atoms with E-state index in [0.29, 0.717) is 0 Å². The molecule has 0 fully saturated rings. The summed E-state index contributed by atoms with van der Waals surface area (Å²) in [6, 6.07) is 0. The highest BCUT2D eigenvalue weighted by Gasteiger charge is 1.98. The number of carboxylic acids is 1. The number of rotatable bonds is 3. The average molecular weight is 227 g/mol. The molecule has 0 aromatic heterocycles. The molecule has 8 heteroatoms. The van der Waals surface area contributed by atoms with Crippen LogP contribution in [-0.2, 0) is 18.4 Å². The van der Waals surface area contributed by atoms with E-state index in [4.69, 9.17) is 10.2 Å². The molecule has 14 heavy (non-hydrogen) atoms. The molecular formula is C6H12O7P-. The standard InChI is InChI=1S/C4H6O3.C2H7O4P/c1-3(5)2-4(6)7;1-5-7(3,4)6-2/h2,5H,1H3,(H,6,7);1-2H3,(H,3,4)/p-1/b3-2+;. The third-order valence-electron chi connectivity index (χ3n) is 0.780. The number of carbonyl (C=O) groups is 1. The van der Waals surface area contributed by atoms with E-state index in [9.17, 15) is 14.3 Å². The van der Waals surface area contributed by atoms with Gasteiger partial charge in [-0.1, -0.05) is 0 Å². The van der Waals surface area contributed by atoms with Crippen molar-refractivity contribution < 1.29 is 33.5 Å². The Morgan fingerprint density at radius 3 is 1.71 bits per heavy atom. The zero-order chi connectivity index (χ0) is 11.8. The van der Waals surface area contributed by atoms with E-state index in [-0.39, 0.29) is 5.76 Å². The second kappa shape index (κ2) is 7.52. The van der Waals surface area contributed by atoms with Crippen LogP contribution in [0.15, 0.2) is 11.8 Å². The fourth-order valence-electron chi connectivity index (χ4n) is 0.253. The Labute approximate surface area is 81.2 Å². The van der Waals surface area contributed by atoms with Crippen LogP contribution in [0.5, 0.6) is 0 Å². The fourth-order valence-corrected chi connectivity index (χ4v) is 0.402. The Bertz CT molecular complexity index is 235. The molecule has 0 bridgehead atoms. The molecule has 0 spiro atoms. The number of aliphatic hydroxyl groups excluding tert-OH is 1. The summed E-state index contributed by atoms with van der Waals surface area (Å²) in [5.74, 6) is -1.31. The summed E-state index contributed by atoms with van der Waals surface area (Å²) >= 11 is 0. The quantitative estimate of drug-likeness (QED) is 0.404. The summed E-state index contributed by atoms with van der Waals surface area (Å²) < 4.78 is 17.7. The maximum Gasteiger partial charge on any atom is 0.331 e. The van der Waals surface area contributed by atoms with Crippen molar-refractivity contribution >= 4 is 13.8 Å². The van der Waals surface area contributed by atoms with Crippen molar-refractivity contribution in [1.82, 2.24) is 0 Å². The highest BCUT2D eigenvalue weighted by atomic mass is 31.2. The van der Waals surface area contributed by atoms with Crippen LogP contribution in [0, 0.1) is 0 Å². The molecule has 7 nitrogen and oxygen atoms in total. The Balaban J connectivity index is 0. The third kappa shape index (κ3) is 13.7. The van der Waals surface area contributed by atoms with Gasteiger partial charge in [0.05, 0.1) is 11.8 Å². The Morgan fingerprint density at radius 1 is 1.36 bits per heavy atom. The molecule has 0 saturated heterocycles. The number of phosphoric acid groups is 1. The highest BCUT2D eigenvalue weighted by Crippen LogP contribution is 2.34. The molecule has 0 aromatic rings. The second-order valence-corrected chi connectivity index (χ2v) is 3.56. The molecule has 0 radical (unpaired) electrons. The number of aliphatic hydroxyl groups is 1. The van der Waals surface area contributed by atoms with E-state index in [1.165, 1.54) is 6.92 Å². The number of phosphoric ester groups is 1. The van der Waals surface area contributed by atoms with E-state index < -0.39 is 13.8 Å². The van der Waals surface area contributed by atoms with Gasteiger partial charge in [0.2, 0.25) is 0 Å². The first-order valence-corrected chi connectivity index (χ1v) is 4.74. The molecule has 0 aliphatic rings. The third-order valence-corrected chi connectivity index (χ3v) is 1.67. The predicted octanol–water partition coefficient (Wildman–Crippen LogP) is 0.280. The minimum Gasteiger partial charge on any atom is -0.756 e. The zero-order valence-electron chi connectivity index (χ0n) is 7.96. The van der Waals surface area contributed by atoms with E-state index in [0.717, 1.165) is 20.3 Å². The van der Waals surface area contributed by atoms with E-state index in [2.05, 4.69) is 9.05 Å². The van der Waals surface area contributed by atoms with Crippen LogP contribution in [0.4, 0.5) is 0 Å². The van der Waals surface area contributed by atoms with Crippen LogP contribution in [0.25, 0.3) is 0 Å². The van der Waals surface area contributed by atoms with Gasteiger partial charge in [-0.3, -0.25) is 4.57 Å². The van der Waals surface area contributed by atoms with Gasteiger partial charge in [0.1, 0.15) is 0 Å². The lowest BCUT2D eigenvalue weighted by Crippen LogP contribution is -2.02. The summed E-state index contributed by atoms with van der Waals surface area (Å²) in [6.07, 6.45) is 0.722. The normalized spacial score (nSPS) is 11.6. The minimum absolute atomic E-state index is 0.187. The summed E-state index contributed by atoms with van der Waals surface area (Å²) in [6.45, 7) is 1.30. The van der Waals surface area contributed by atoms with E-state index in [1.807, 2.05) is 0 Å². The van der Waals surface area contributed by atoms with Gasteiger partial charge in [-0.15, -0.1) is 0 Å². The maximum absolute atomic E-state index is 9.95. The molecule has 0 rings (SSSR count). The average Bonchev–Trinajstić information content (AvgIpc) is 2.03. The van der Waals surface area contributed by atoms with Gasteiger partial charge in [0, 0.05) is 14.2 Å². The van der Waals surface area contributed by atoms with Crippen molar-refractivity contribution in [1.29, 1.82) is 0 Å². The summed E-state index contributed by atoms with van der Waals surface area (Å²) in [4.78, 5) is 19.5. The van der Waals surface area contributed by atoms with Crippen molar-refractivity contribution in [3.8, 4) is 0 Å². The van der Waals surface area contributed by atoms with Crippen LogP contribution < -0.4 is 4.89 Å². The topological polar surface area (TPSA) is 116 Å². The largest absolute Gasteiger partial charge is 0.756 e. The van der Waals surface area contributed by atoms with Crippen LogP contribution in [-0.4, -0.2) is 30.4 Å². The number of hydrogen-bond donors (Lipinski definition) is 2. The first-order valence-electron chi connectivity index (χ1n) is 3.28. The number of hydrogen-bond acceptors (Lipinski definition) is 6. The molecule has 0 saturated carbocycles. The van der Waals surface area contributed by atoms with Gasteiger partial charge < -0.3 is 24.2 Å². The van der Waals surface area contributed by atoms with Crippen molar-refractivity contribution in [2.24, 2.45) is 0 Å². The molecule has 2 N–H and O–H groups in total. The fraction of sp³-hybridized carbons (Fsp3) is 0.500. The Kier molecular flexibility index (Phi) is 8.37. The smallest absolute Gasteiger partial charge is 0.331 e. The molecule has 0 amide bonds. The summed E-state index contributed by atoms with van der Waals surface area (Å²) in [5, 5.41) is 16.1. The van der Waals surface area contributed by atoms with Crippen molar-refractivity contribution in [2.75, 3.05) is 14.2 Å². The number of allylic oxidation sites excluding steroid dienone is 1. The lowest BCUT2D eigenvalue weighted by Gasteiger charge is -2.16. The maximum atomic E-state index is 9.95. The van der Waals surface area contributed by atoms with Crippen LogP contribution in [0.1, 0.15) is 6.92 Å². The molecule has 0 unspecified atom stereocenters. The SMILES string of the molecule is C/C(O)=C\C(=O)O.COP(=O)([O-])OC. The first-order chi connectivity index (χ1) is 6.25. The monoisotopic (exact) mass is 227 g/mol. The van der Waals surface area contributed by atoms with Gasteiger partial charge in [-0.25, -0.2) is 4.79 Å². The van der Waals surface area contributed by atoms with Gasteiger partial charge in [0.25, 0.3) is 7.82 Å². The van der Waals surface area contributed by atoms with Crippen LogP contribution >= 0.6 is 7.82 Å². The first kappa shape index (κ1) is 15.6. The summed E-state index contributed by atoms with van der Waals surface area (Å²) in [7, 11) is -1.83. The predicted molar refractivity (Wildman–Crippen MR) is 45.6 cm³/mol. The molecule has 0 heterocycles. The molecule has 0 aromatic carbocycles. The Morgan fingerprint density at radius 2 is 1.71 bits per heavy atom. The number of carboxylic acid groups (broad SMARTS) is 1. The molecule has 84 valence electrons. The zero-order valence-corrected chi connectivity index (χ0v) is 8.85. The lowest BCUT2D eigenvalue weighted by atomic mass is 10.5. The van der Waals surface area contributed by atoms with Gasteiger partial charge in [-0.2, -0.15) is 0 Å². The van der Waals surface area contributed by atoms with Gasteiger partial charge in [-0.05, 0) is 6.92 Å². The van der Waals surface area contributed by atoms with Crippen molar-refractivity contribution in [3.63, 3.8) is 0 Å². The van der Waals surface area contributed by atoms with Crippen molar-refractivity contribution in [2.45, 2.75) is 6.92 Å². The second-order valence-electron chi connectivity index (χ2n) is 1.94. The Hall–Kier alpha value is -0.880.